The number of hydrogen-bond donors (Lipinski definition) is 3. The molecule has 0 unspecified atom stereocenters. The molecule has 2 rings (SSSR count). The first kappa shape index (κ1) is 20.5. The molecule has 2 aromatic carbocycles. The molecule has 27 heavy (non-hydrogen) atoms. The number of carbonyl (C=O) groups excluding carboxylic acids is 2. The number of benzene rings is 2. The molecule has 7 nitrogen and oxygen atoms in total. The van der Waals surface area contributed by atoms with E-state index < -0.39 is 0 Å². The zero-order valence-corrected chi connectivity index (χ0v) is 16.3. The minimum absolute atomic E-state index is 0.0678. The van der Waals surface area contributed by atoms with Gasteiger partial charge in [0.1, 0.15) is 5.75 Å². The van der Waals surface area contributed by atoms with Crippen molar-refractivity contribution < 1.29 is 14.3 Å². The molecule has 0 fully saturated rings. The zero-order valence-electron chi connectivity index (χ0n) is 15.5. The monoisotopic (exact) mass is 390 g/mol. The summed E-state index contributed by atoms with van der Waals surface area (Å²) in [6.07, 6.45) is 0.406. The fraction of sp³-hybridized carbons (Fsp3) is 0.263. The molecular formula is C19H23ClN4O3. The van der Waals surface area contributed by atoms with Gasteiger partial charge in [-0.25, -0.2) is 0 Å². The van der Waals surface area contributed by atoms with Crippen molar-refractivity contribution in [1.29, 1.82) is 0 Å². The molecule has 0 spiro atoms. The highest BCUT2D eigenvalue weighted by molar-refractivity contribution is 6.33. The van der Waals surface area contributed by atoms with Gasteiger partial charge in [0.2, 0.25) is 5.91 Å². The van der Waals surface area contributed by atoms with E-state index >= 15 is 0 Å². The first-order valence-corrected chi connectivity index (χ1v) is 8.67. The molecular weight excluding hydrogens is 368 g/mol. The van der Waals surface area contributed by atoms with Crippen molar-refractivity contribution in [2.75, 3.05) is 44.1 Å². The van der Waals surface area contributed by atoms with Crippen LogP contribution in [0.3, 0.4) is 0 Å². The Balaban J connectivity index is 2.03. The molecule has 0 saturated heterocycles. The van der Waals surface area contributed by atoms with Gasteiger partial charge in [0.25, 0.3) is 5.91 Å². The lowest BCUT2D eigenvalue weighted by molar-refractivity contribution is -0.116. The quantitative estimate of drug-likeness (QED) is 0.631. The summed E-state index contributed by atoms with van der Waals surface area (Å²) in [5.41, 5.74) is 7.57. The highest BCUT2D eigenvalue weighted by Gasteiger charge is 2.15. The smallest absolute Gasteiger partial charge is 0.259 e. The standard InChI is InChI=1S/C19H23ClN4O3/c1-24(2)9-8-18(25)22-12-4-6-13(7-5-12)23-19(26)14-10-15(20)16(21)11-17(14)27-3/h4-7,10-11H,8-9,21H2,1-3H3,(H,22,25)(H,23,26). The minimum Gasteiger partial charge on any atom is -0.496 e. The molecule has 0 aliphatic carbocycles. The zero-order chi connectivity index (χ0) is 20.0. The Morgan fingerprint density at radius 2 is 1.70 bits per heavy atom. The highest BCUT2D eigenvalue weighted by Crippen LogP contribution is 2.29. The lowest BCUT2D eigenvalue weighted by Gasteiger charge is -2.12. The number of rotatable bonds is 7. The SMILES string of the molecule is COc1cc(N)c(Cl)cc1C(=O)Nc1ccc(NC(=O)CCN(C)C)cc1. The number of methoxy groups -OCH3 is 1. The Bertz CT molecular complexity index is 822. The molecule has 8 heteroatoms. The Hall–Kier alpha value is -2.77. The molecule has 0 aromatic heterocycles. The molecule has 0 atom stereocenters. The molecule has 2 aromatic rings. The number of hydrogen-bond acceptors (Lipinski definition) is 5. The van der Waals surface area contributed by atoms with E-state index in [4.69, 9.17) is 22.1 Å². The van der Waals surface area contributed by atoms with Crippen molar-refractivity contribution in [2.45, 2.75) is 6.42 Å². The van der Waals surface area contributed by atoms with E-state index in [1.807, 2.05) is 19.0 Å². The maximum atomic E-state index is 12.5. The number of nitrogen functional groups attached to an aromatic ring is 1. The van der Waals surface area contributed by atoms with Crippen molar-refractivity contribution in [3.63, 3.8) is 0 Å². The van der Waals surface area contributed by atoms with Crippen LogP contribution in [0.4, 0.5) is 17.1 Å². The molecule has 0 aliphatic rings. The summed E-state index contributed by atoms with van der Waals surface area (Å²) in [5, 5.41) is 5.85. The van der Waals surface area contributed by atoms with Crippen molar-refractivity contribution in [3.05, 3.63) is 47.0 Å². The van der Waals surface area contributed by atoms with Gasteiger partial charge in [-0.15, -0.1) is 0 Å². The second-order valence-corrected chi connectivity index (χ2v) is 6.61. The van der Waals surface area contributed by atoms with E-state index in [2.05, 4.69) is 10.6 Å². The highest BCUT2D eigenvalue weighted by atomic mass is 35.5. The van der Waals surface area contributed by atoms with Crippen LogP contribution in [-0.4, -0.2) is 44.5 Å². The number of nitrogens with zero attached hydrogens (tertiary/aromatic N) is 1. The molecule has 0 saturated carbocycles. The van der Waals surface area contributed by atoms with Crippen molar-refractivity contribution >= 4 is 40.5 Å². The average Bonchev–Trinajstić information content (AvgIpc) is 2.63. The number of amides is 2. The summed E-state index contributed by atoms with van der Waals surface area (Å²) < 4.78 is 5.19. The number of nitrogens with one attached hydrogen (secondary N) is 2. The van der Waals surface area contributed by atoms with Crippen molar-refractivity contribution in [1.82, 2.24) is 4.90 Å². The third-order valence-electron chi connectivity index (χ3n) is 3.78. The van der Waals surface area contributed by atoms with Gasteiger partial charge >= 0.3 is 0 Å². The number of ether oxygens (including phenoxy) is 1. The molecule has 0 radical (unpaired) electrons. The van der Waals surface area contributed by atoms with Crippen LogP contribution >= 0.6 is 11.6 Å². The summed E-state index contributed by atoms with van der Waals surface area (Å²) in [4.78, 5) is 26.3. The lowest BCUT2D eigenvalue weighted by atomic mass is 10.1. The number of nitrogens with two attached hydrogens (primary N) is 1. The Labute approximate surface area is 163 Å². The van der Waals surface area contributed by atoms with Crippen LogP contribution in [0.2, 0.25) is 5.02 Å². The fourth-order valence-corrected chi connectivity index (χ4v) is 2.46. The maximum absolute atomic E-state index is 12.5. The van der Waals surface area contributed by atoms with Gasteiger partial charge in [-0.05, 0) is 44.4 Å². The summed E-state index contributed by atoms with van der Waals surface area (Å²) in [5.74, 6) is -0.113. The Morgan fingerprint density at radius 3 is 2.26 bits per heavy atom. The van der Waals surface area contributed by atoms with E-state index in [1.54, 1.807) is 24.3 Å². The largest absolute Gasteiger partial charge is 0.496 e. The van der Waals surface area contributed by atoms with Crippen LogP contribution in [0.15, 0.2) is 36.4 Å². The van der Waals surface area contributed by atoms with E-state index in [1.165, 1.54) is 19.2 Å². The van der Waals surface area contributed by atoms with Gasteiger partial charge in [-0.3, -0.25) is 9.59 Å². The molecule has 4 N–H and O–H groups in total. The van der Waals surface area contributed by atoms with E-state index in [-0.39, 0.29) is 22.4 Å². The van der Waals surface area contributed by atoms with Crippen LogP contribution in [0.5, 0.6) is 5.75 Å². The Kier molecular flexibility index (Phi) is 7.04. The molecule has 144 valence electrons. The van der Waals surface area contributed by atoms with Gasteiger partial charge in [0.15, 0.2) is 0 Å². The van der Waals surface area contributed by atoms with Gasteiger partial charge in [0, 0.05) is 30.4 Å². The van der Waals surface area contributed by atoms with Gasteiger partial charge in [0.05, 0.1) is 23.4 Å². The molecule has 2 amide bonds. The number of carbonyl (C=O) groups is 2. The predicted molar refractivity (Wildman–Crippen MR) is 109 cm³/mol. The second-order valence-electron chi connectivity index (χ2n) is 6.21. The first-order chi connectivity index (χ1) is 12.8. The van der Waals surface area contributed by atoms with Gasteiger partial charge < -0.3 is 26.0 Å². The van der Waals surface area contributed by atoms with Crippen molar-refractivity contribution in [3.8, 4) is 5.75 Å². The van der Waals surface area contributed by atoms with Crippen LogP contribution in [0.1, 0.15) is 16.8 Å². The second kappa shape index (κ2) is 9.25. The average molecular weight is 391 g/mol. The van der Waals surface area contributed by atoms with E-state index in [9.17, 15) is 9.59 Å². The third-order valence-corrected chi connectivity index (χ3v) is 4.10. The van der Waals surface area contributed by atoms with Crippen molar-refractivity contribution in [2.24, 2.45) is 0 Å². The summed E-state index contributed by atoms with van der Waals surface area (Å²) in [6.45, 7) is 0.673. The molecule has 0 aliphatic heterocycles. The predicted octanol–water partition coefficient (Wildman–Crippen LogP) is 3.07. The van der Waals surface area contributed by atoms with Crippen LogP contribution in [0.25, 0.3) is 0 Å². The normalized spacial score (nSPS) is 10.6. The van der Waals surface area contributed by atoms with Crippen LogP contribution in [-0.2, 0) is 4.79 Å². The van der Waals surface area contributed by atoms with Crippen LogP contribution in [0, 0.1) is 0 Å². The minimum atomic E-state index is -0.378. The first-order valence-electron chi connectivity index (χ1n) is 8.29. The van der Waals surface area contributed by atoms with Gasteiger partial charge in [-0.1, -0.05) is 11.6 Å². The van der Waals surface area contributed by atoms with Gasteiger partial charge in [-0.2, -0.15) is 0 Å². The fourth-order valence-electron chi connectivity index (χ4n) is 2.30. The number of halogens is 1. The molecule has 0 bridgehead atoms. The summed E-state index contributed by atoms with van der Waals surface area (Å²) in [6, 6.07) is 9.80. The summed E-state index contributed by atoms with van der Waals surface area (Å²) in [7, 11) is 5.27. The van der Waals surface area contributed by atoms with E-state index in [0.29, 0.717) is 35.8 Å². The lowest BCUT2D eigenvalue weighted by Crippen LogP contribution is -2.20. The van der Waals surface area contributed by atoms with Crippen LogP contribution < -0.4 is 21.1 Å². The maximum Gasteiger partial charge on any atom is 0.259 e. The summed E-state index contributed by atoms with van der Waals surface area (Å²) >= 11 is 6.00. The third kappa shape index (κ3) is 5.87. The topological polar surface area (TPSA) is 96.7 Å². The molecule has 0 heterocycles. The van der Waals surface area contributed by atoms with E-state index in [0.717, 1.165) is 0 Å². The Morgan fingerprint density at radius 1 is 1.11 bits per heavy atom. The number of anilines is 3.